The summed E-state index contributed by atoms with van der Waals surface area (Å²) in [6, 6.07) is 8.30. The number of aliphatic hydroxyl groups is 1. The molecule has 2 aromatic rings. The predicted octanol–water partition coefficient (Wildman–Crippen LogP) is 1.38. The highest BCUT2D eigenvalue weighted by Crippen LogP contribution is 2.40. The summed E-state index contributed by atoms with van der Waals surface area (Å²) in [6.07, 6.45) is 4.32. The first-order chi connectivity index (χ1) is 9.31. The van der Waals surface area contributed by atoms with E-state index in [-0.39, 0.29) is 12.6 Å². The van der Waals surface area contributed by atoms with Gasteiger partial charge in [0.2, 0.25) is 0 Å². The molecule has 0 bridgehead atoms. The molecule has 1 unspecified atom stereocenters. The van der Waals surface area contributed by atoms with E-state index in [0.29, 0.717) is 6.42 Å². The SMILES string of the molecule is O=C(CO)OCCC1c2ccccc2-c2cncn21. The van der Waals surface area contributed by atoms with Crippen molar-refractivity contribution in [2.24, 2.45) is 0 Å². The van der Waals surface area contributed by atoms with Crippen LogP contribution < -0.4 is 0 Å². The molecule has 0 fully saturated rings. The third-order valence-corrected chi connectivity index (χ3v) is 3.38. The second-order valence-electron chi connectivity index (χ2n) is 4.46. The summed E-state index contributed by atoms with van der Waals surface area (Å²) in [5.74, 6) is -0.586. The van der Waals surface area contributed by atoms with E-state index in [1.54, 1.807) is 6.33 Å². The maximum Gasteiger partial charge on any atom is 0.331 e. The maximum absolute atomic E-state index is 10.9. The molecule has 98 valence electrons. The van der Waals surface area contributed by atoms with Gasteiger partial charge in [0, 0.05) is 12.0 Å². The summed E-state index contributed by atoms with van der Waals surface area (Å²) in [5, 5.41) is 8.62. The molecule has 5 heteroatoms. The number of carbonyl (C=O) groups excluding carboxylic acids is 1. The Balaban J connectivity index is 1.81. The van der Waals surface area contributed by atoms with Crippen LogP contribution in [0.25, 0.3) is 11.3 Å². The van der Waals surface area contributed by atoms with Crippen molar-refractivity contribution in [2.45, 2.75) is 12.5 Å². The minimum absolute atomic E-state index is 0.139. The summed E-state index contributed by atoms with van der Waals surface area (Å²) >= 11 is 0. The van der Waals surface area contributed by atoms with Crippen molar-refractivity contribution in [3.05, 3.63) is 42.4 Å². The zero-order valence-corrected chi connectivity index (χ0v) is 10.3. The van der Waals surface area contributed by atoms with Crippen LogP contribution in [0, 0.1) is 0 Å². The van der Waals surface area contributed by atoms with E-state index in [1.807, 2.05) is 18.3 Å². The number of aliphatic hydroxyl groups excluding tert-OH is 1. The lowest BCUT2D eigenvalue weighted by molar-refractivity contribution is -0.147. The fourth-order valence-electron chi connectivity index (χ4n) is 2.56. The number of fused-ring (bicyclic) bond motifs is 3. The molecule has 19 heavy (non-hydrogen) atoms. The van der Waals surface area contributed by atoms with Gasteiger partial charge in [-0.25, -0.2) is 9.78 Å². The van der Waals surface area contributed by atoms with E-state index < -0.39 is 12.6 Å². The molecule has 0 amide bonds. The van der Waals surface area contributed by atoms with E-state index in [1.165, 1.54) is 11.1 Å². The predicted molar refractivity (Wildman–Crippen MR) is 68.5 cm³/mol. The Morgan fingerprint density at radius 2 is 2.26 bits per heavy atom. The van der Waals surface area contributed by atoms with Gasteiger partial charge in [-0.3, -0.25) is 0 Å². The third kappa shape index (κ3) is 2.02. The van der Waals surface area contributed by atoms with E-state index in [9.17, 15) is 4.79 Å². The van der Waals surface area contributed by atoms with Gasteiger partial charge in [0.15, 0.2) is 0 Å². The molecular formula is C14H14N2O3. The molecule has 0 aliphatic carbocycles. The largest absolute Gasteiger partial charge is 0.464 e. The third-order valence-electron chi connectivity index (χ3n) is 3.38. The number of imidazole rings is 1. The van der Waals surface area contributed by atoms with Crippen LogP contribution in [-0.4, -0.2) is 33.8 Å². The van der Waals surface area contributed by atoms with Crippen LogP contribution >= 0.6 is 0 Å². The van der Waals surface area contributed by atoms with Crippen LogP contribution in [0.5, 0.6) is 0 Å². The number of benzene rings is 1. The molecule has 0 spiro atoms. The number of ether oxygens (including phenoxy) is 1. The molecule has 3 rings (SSSR count). The molecular weight excluding hydrogens is 244 g/mol. The minimum atomic E-state index is -0.586. The number of carbonyl (C=O) groups is 1. The molecule has 0 saturated heterocycles. The van der Waals surface area contributed by atoms with Crippen molar-refractivity contribution >= 4 is 5.97 Å². The van der Waals surface area contributed by atoms with Crippen molar-refractivity contribution in [1.82, 2.24) is 9.55 Å². The summed E-state index contributed by atoms with van der Waals surface area (Å²) < 4.78 is 7.03. The van der Waals surface area contributed by atoms with Crippen LogP contribution in [0.2, 0.25) is 0 Å². The topological polar surface area (TPSA) is 64.3 Å². The molecule has 0 radical (unpaired) electrons. The van der Waals surface area contributed by atoms with Gasteiger partial charge in [-0.15, -0.1) is 0 Å². The summed E-state index contributed by atoms with van der Waals surface area (Å²) in [5.41, 5.74) is 3.49. The molecule has 1 aliphatic rings. The Labute approximate surface area is 110 Å². The van der Waals surface area contributed by atoms with Gasteiger partial charge in [0.25, 0.3) is 0 Å². The first-order valence-corrected chi connectivity index (χ1v) is 6.19. The van der Waals surface area contributed by atoms with Crippen molar-refractivity contribution in [2.75, 3.05) is 13.2 Å². The summed E-state index contributed by atoms with van der Waals surface area (Å²) in [4.78, 5) is 15.1. The monoisotopic (exact) mass is 258 g/mol. The molecule has 1 aromatic heterocycles. The van der Waals surface area contributed by atoms with E-state index in [4.69, 9.17) is 9.84 Å². The molecule has 1 N–H and O–H groups in total. The highest BCUT2D eigenvalue weighted by Gasteiger charge is 2.27. The Bertz CT molecular complexity index is 606. The zero-order chi connectivity index (χ0) is 13.2. The average molecular weight is 258 g/mol. The molecule has 5 nitrogen and oxygen atoms in total. The van der Waals surface area contributed by atoms with Crippen molar-refractivity contribution in [1.29, 1.82) is 0 Å². The van der Waals surface area contributed by atoms with Gasteiger partial charge in [-0.05, 0) is 5.56 Å². The maximum atomic E-state index is 10.9. The van der Waals surface area contributed by atoms with Crippen LogP contribution in [0.15, 0.2) is 36.8 Å². The quantitative estimate of drug-likeness (QED) is 0.841. The number of nitrogens with zero attached hydrogens (tertiary/aromatic N) is 2. The second kappa shape index (κ2) is 4.85. The van der Waals surface area contributed by atoms with E-state index >= 15 is 0 Å². The van der Waals surface area contributed by atoms with Crippen LogP contribution in [0.4, 0.5) is 0 Å². The van der Waals surface area contributed by atoms with Gasteiger partial charge in [-0.1, -0.05) is 24.3 Å². The summed E-state index contributed by atoms with van der Waals surface area (Å²) in [6.45, 7) is -0.284. The number of aromatic nitrogens is 2. The average Bonchev–Trinajstić information content (AvgIpc) is 3.01. The lowest BCUT2D eigenvalue weighted by atomic mass is 10.0. The van der Waals surface area contributed by atoms with E-state index in [2.05, 4.69) is 21.7 Å². The van der Waals surface area contributed by atoms with Gasteiger partial charge >= 0.3 is 5.97 Å². The minimum Gasteiger partial charge on any atom is -0.464 e. The first kappa shape index (κ1) is 11.9. The zero-order valence-electron chi connectivity index (χ0n) is 10.3. The van der Waals surface area contributed by atoms with Crippen LogP contribution in [0.3, 0.4) is 0 Å². The molecule has 0 saturated carbocycles. The van der Waals surface area contributed by atoms with Gasteiger partial charge in [0.1, 0.15) is 6.61 Å². The normalized spacial score (nSPS) is 15.9. The number of hydrogen-bond acceptors (Lipinski definition) is 4. The van der Waals surface area contributed by atoms with Crippen molar-refractivity contribution in [3.63, 3.8) is 0 Å². The Morgan fingerprint density at radius 1 is 1.42 bits per heavy atom. The molecule has 1 atom stereocenters. The lowest BCUT2D eigenvalue weighted by Gasteiger charge is -2.14. The molecule has 1 aliphatic heterocycles. The van der Waals surface area contributed by atoms with Crippen LogP contribution in [-0.2, 0) is 9.53 Å². The van der Waals surface area contributed by atoms with E-state index in [0.717, 1.165) is 5.69 Å². The summed E-state index contributed by atoms with van der Waals surface area (Å²) in [7, 11) is 0. The smallest absolute Gasteiger partial charge is 0.331 e. The second-order valence-corrected chi connectivity index (χ2v) is 4.46. The first-order valence-electron chi connectivity index (χ1n) is 6.19. The molecule has 1 aromatic carbocycles. The highest BCUT2D eigenvalue weighted by molar-refractivity contribution is 5.70. The van der Waals surface area contributed by atoms with Crippen LogP contribution in [0.1, 0.15) is 18.0 Å². The van der Waals surface area contributed by atoms with Gasteiger partial charge < -0.3 is 14.4 Å². The standard InChI is InChI=1S/C14H14N2O3/c17-8-14(18)19-6-5-12-10-3-1-2-4-11(10)13-7-15-9-16(12)13/h1-4,7,9,12,17H,5-6,8H2. The number of rotatable bonds is 4. The van der Waals surface area contributed by atoms with Crippen molar-refractivity contribution < 1.29 is 14.6 Å². The van der Waals surface area contributed by atoms with Gasteiger partial charge in [-0.2, -0.15) is 0 Å². The highest BCUT2D eigenvalue weighted by atomic mass is 16.5. The Morgan fingerprint density at radius 3 is 3.11 bits per heavy atom. The molecule has 2 heterocycles. The van der Waals surface area contributed by atoms with Crippen molar-refractivity contribution in [3.8, 4) is 11.3 Å². The number of esters is 1. The number of hydrogen-bond donors (Lipinski definition) is 1. The Kier molecular flexibility index (Phi) is 3.05. The van der Waals surface area contributed by atoms with Gasteiger partial charge in [0.05, 0.1) is 30.9 Å². The fraction of sp³-hybridized carbons (Fsp3) is 0.286. The fourth-order valence-corrected chi connectivity index (χ4v) is 2.56. The Hall–Kier alpha value is -2.14. The lowest BCUT2D eigenvalue weighted by Crippen LogP contribution is -2.14.